The first kappa shape index (κ1) is 12.4. The van der Waals surface area contributed by atoms with Crippen LogP contribution in [-0.4, -0.2) is 4.98 Å². The summed E-state index contributed by atoms with van der Waals surface area (Å²) in [7, 11) is 0. The Labute approximate surface area is 128 Å². The van der Waals surface area contributed by atoms with Crippen LogP contribution in [0.2, 0.25) is 0 Å². The smallest absolute Gasteiger partial charge is 0.0691 e. The Hall–Kier alpha value is -0.620. The lowest BCUT2D eigenvalue weighted by Gasteiger charge is -2.16. The van der Waals surface area contributed by atoms with Crippen molar-refractivity contribution < 1.29 is 0 Å². The molecule has 0 bridgehead atoms. The minimum atomic E-state index is 0.337. The van der Waals surface area contributed by atoms with Gasteiger partial charge in [-0.15, -0.1) is 0 Å². The zero-order valence-electron chi connectivity index (χ0n) is 9.66. The number of nitrogens with zero attached hydrogens (tertiary/aromatic N) is 1. The summed E-state index contributed by atoms with van der Waals surface area (Å²) < 4.78 is 2.34. The van der Waals surface area contributed by atoms with Crippen LogP contribution in [0.1, 0.15) is 23.7 Å². The zero-order valence-corrected chi connectivity index (χ0v) is 13.4. The van der Waals surface area contributed by atoms with E-state index in [4.69, 9.17) is 0 Å². The molecule has 1 aliphatic rings. The lowest BCUT2D eigenvalue weighted by atomic mass is 10.2. The van der Waals surface area contributed by atoms with Crippen molar-refractivity contribution in [2.75, 3.05) is 5.32 Å². The van der Waals surface area contributed by atoms with Crippen molar-refractivity contribution in [1.29, 1.82) is 0 Å². The Morgan fingerprint density at radius 1 is 1.33 bits per heavy atom. The van der Waals surface area contributed by atoms with E-state index in [0.717, 1.165) is 17.3 Å². The average Bonchev–Trinajstić information content (AvgIpc) is 2.78. The van der Waals surface area contributed by atoms with Gasteiger partial charge in [-0.25, -0.2) is 0 Å². The van der Waals surface area contributed by atoms with E-state index < -0.39 is 0 Å². The van der Waals surface area contributed by atoms with Gasteiger partial charge in [0.15, 0.2) is 0 Å². The first-order valence-electron chi connectivity index (χ1n) is 5.89. The van der Waals surface area contributed by atoms with E-state index in [1.54, 1.807) is 0 Å². The van der Waals surface area contributed by atoms with Gasteiger partial charge in [0, 0.05) is 19.9 Å². The third-order valence-corrected chi connectivity index (χ3v) is 4.65. The van der Waals surface area contributed by atoms with E-state index in [-0.39, 0.29) is 0 Å². The number of aryl methyl sites for hydroxylation is 1. The standard InChI is InChI=1S/C14H12BrIN2/c15-10-4-5-11(16)13(8-10)18-12-6-3-9-2-1-7-17-14(9)12/h1-2,4-5,7-8,12,18H,3,6H2. The van der Waals surface area contributed by atoms with Crippen LogP contribution in [0.25, 0.3) is 0 Å². The molecule has 0 radical (unpaired) electrons. The number of hydrogen-bond donors (Lipinski definition) is 1. The summed E-state index contributed by atoms with van der Waals surface area (Å²) in [6, 6.07) is 10.8. The number of halogens is 2. The fraction of sp³-hybridized carbons (Fsp3) is 0.214. The summed E-state index contributed by atoms with van der Waals surface area (Å²) in [6.07, 6.45) is 4.12. The molecular formula is C14H12BrIN2. The topological polar surface area (TPSA) is 24.9 Å². The fourth-order valence-electron chi connectivity index (χ4n) is 2.35. The lowest BCUT2D eigenvalue weighted by molar-refractivity contribution is 0.745. The molecule has 0 aliphatic heterocycles. The minimum Gasteiger partial charge on any atom is -0.376 e. The van der Waals surface area contributed by atoms with E-state index in [9.17, 15) is 0 Å². The van der Waals surface area contributed by atoms with E-state index >= 15 is 0 Å². The molecule has 1 heterocycles. The molecule has 0 saturated heterocycles. The molecule has 0 saturated carbocycles. The molecule has 1 aliphatic carbocycles. The highest BCUT2D eigenvalue weighted by atomic mass is 127. The molecule has 0 spiro atoms. The van der Waals surface area contributed by atoms with Crippen LogP contribution < -0.4 is 5.32 Å². The summed E-state index contributed by atoms with van der Waals surface area (Å²) in [5.74, 6) is 0. The van der Waals surface area contributed by atoms with E-state index in [0.29, 0.717) is 6.04 Å². The Bertz CT molecular complexity index is 586. The van der Waals surface area contributed by atoms with E-state index in [2.05, 4.69) is 73.1 Å². The average molecular weight is 415 g/mol. The molecule has 1 aromatic carbocycles. The molecule has 2 nitrogen and oxygen atoms in total. The van der Waals surface area contributed by atoms with Crippen LogP contribution in [0.4, 0.5) is 5.69 Å². The Balaban J connectivity index is 1.88. The number of rotatable bonds is 2. The van der Waals surface area contributed by atoms with Crippen LogP contribution in [0.5, 0.6) is 0 Å². The SMILES string of the molecule is Brc1ccc(I)c(NC2CCc3cccnc32)c1. The summed E-state index contributed by atoms with van der Waals surface area (Å²) >= 11 is 5.88. The molecule has 1 unspecified atom stereocenters. The van der Waals surface area contributed by atoms with E-state index in [1.165, 1.54) is 20.5 Å². The maximum Gasteiger partial charge on any atom is 0.0691 e. The van der Waals surface area contributed by atoms with Crippen molar-refractivity contribution >= 4 is 44.2 Å². The zero-order chi connectivity index (χ0) is 12.5. The molecule has 3 rings (SSSR count). The predicted octanol–water partition coefficient (Wildman–Crippen LogP) is 4.55. The van der Waals surface area contributed by atoms with Gasteiger partial charge in [-0.05, 0) is 65.3 Å². The van der Waals surface area contributed by atoms with Crippen molar-refractivity contribution in [3.8, 4) is 0 Å². The van der Waals surface area contributed by atoms with Gasteiger partial charge in [0.25, 0.3) is 0 Å². The third kappa shape index (κ3) is 2.40. The molecule has 4 heteroatoms. The molecule has 92 valence electrons. The van der Waals surface area contributed by atoms with Crippen molar-refractivity contribution in [2.24, 2.45) is 0 Å². The second-order valence-electron chi connectivity index (χ2n) is 4.41. The van der Waals surface area contributed by atoms with Gasteiger partial charge < -0.3 is 5.32 Å². The van der Waals surface area contributed by atoms with Crippen LogP contribution in [0.15, 0.2) is 41.0 Å². The Morgan fingerprint density at radius 3 is 3.11 bits per heavy atom. The van der Waals surface area contributed by atoms with Crippen LogP contribution >= 0.6 is 38.5 Å². The molecule has 18 heavy (non-hydrogen) atoms. The van der Waals surface area contributed by atoms with Gasteiger partial charge >= 0.3 is 0 Å². The summed E-state index contributed by atoms with van der Waals surface area (Å²) in [5.41, 5.74) is 3.75. The second kappa shape index (κ2) is 5.17. The summed E-state index contributed by atoms with van der Waals surface area (Å²) in [6.45, 7) is 0. The van der Waals surface area contributed by atoms with Gasteiger partial charge in [0.2, 0.25) is 0 Å². The summed E-state index contributed by atoms with van der Waals surface area (Å²) in [5, 5.41) is 3.61. The van der Waals surface area contributed by atoms with Crippen LogP contribution in [0.3, 0.4) is 0 Å². The predicted molar refractivity (Wildman–Crippen MR) is 85.8 cm³/mol. The molecule has 1 N–H and O–H groups in total. The van der Waals surface area contributed by atoms with Gasteiger partial charge in [0.05, 0.1) is 11.7 Å². The van der Waals surface area contributed by atoms with Gasteiger partial charge in [-0.2, -0.15) is 0 Å². The maximum atomic E-state index is 4.51. The number of fused-ring (bicyclic) bond motifs is 1. The van der Waals surface area contributed by atoms with Gasteiger partial charge in [-0.1, -0.05) is 22.0 Å². The monoisotopic (exact) mass is 414 g/mol. The number of hydrogen-bond acceptors (Lipinski definition) is 2. The Morgan fingerprint density at radius 2 is 2.22 bits per heavy atom. The largest absolute Gasteiger partial charge is 0.376 e. The molecule has 1 atom stereocenters. The third-order valence-electron chi connectivity index (χ3n) is 3.22. The number of nitrogens with one attached hydrogen (secondary N) is 1. The normalized spacial score (nSPS) is 17.6. The van der Waals surface area contributed by atoms with E-state index in [1.807, 2.05) is 12.3 Å². The lowest BCUT2D eigenvalue weighted by Crippen LogP contribution is -2.09. The van der Waals surface area contributed by atoms with Crippen molar-refractivity contribution in [3.63, 3.8) is 0 Å². The van der Waals surface area contributed by atoms with Crippen molar-refractivity contribution in [1.82, 2.24) is 4.98 Å². The highest BCUT2D eigenvalue weighted by Crippen LogP contribution is 2.34. The van der Waals surface area contributed by atoms with Gasteiger partial charge in [-0.3, -0.25) is 4.98 Å². The first-order chi connectivity index (χ1) is 8.74. The quantitative estimate of drug-likeness (QED) is 0.729. The highest BCUT2D eigenvalue weighted by molar-refractivity contribution is 14.1. The molecule has 0 fully saturated rings. The van der Waals surface area contributed by atoms with Gasteiger partial charge in [0.1, 0.15) is 0 Å². The maximum absolute atomic E-state index is 4.51. The molecule has 2 aromatic rings. The van der Waals surface area contributed by atoms with Crippen molar-refractivity contribution in [2.45, 2.75) is 18.9 Å². The number of pyridine rings is 1. The number of anilines is 1. The molecule has 0 amide bonds. The minimum absolute atomic E-state index is 0.337. The molecular weight excluding hydrogens is 403 g/mol. The number of aromatic nitrogens is 1. The second-order valence-corrected chi connectivity index (χ2v) is 6.49. The number of benzene rings is 1. The molecule has 1 aromatic heterocycles. The van der Waals surface area contributed by atoms with Crippen LogP contribution in [0, 0.1) is 3.57 Å². The highest BCUT2D eigenvalue weighted by Gasteiger charge is 2.23. The first-order valence-corrected chi connectivity index (χ1v) is 7.76. The van der Waals surface area contributed by atoms with Crippen molar-refractivity contribution in [3.05, 3.63) is 55.8 Å². The Kier molecular flexibility index (Phi) is 3.56. The fourth-order valence-corrected chi connectivity index (χ4v) is 3.20. The summed E-state index contributed by atoms with van der Waals surface area (Å²) in [4.78, 5) is 4.51. The van der Waals surface area contributed by atoms with Crippen LogP contribution in [-0.2, 0) is 6.42 Å².